The Morgan fingerprint density at radius 1 is 0.897 bits per heavy atom. The lowest BCUT2D eigenvalue weighted by Crippen LogP contribution is -2.41. The molecule has 0 amide bonds. The summed E-state index contributed by atoms with van der Waals surface area (Å²) in [5.74, 6) is 0.572. The normalized spacial score (nSPS) is 21.2. The summed E-state index contributed by atoms with van der Waals surface area (Å²) in [7, 11) is -0.309. The second-order valence-electron chi connectivity index (χ2n) is 9.17. The van der Waals surface area contributed by atoms with Crippen LogP contribution in [0.4, 0.5) is 5.69 Å². The van der Waals surface area contributed by atoms with Crippen molar-refractivity contribution in [1.82, 2.24) is 0 Å². The van der Waals surface area contributed by atoms with Crippen molar-refractivity contribution in [3.63, 3.8) is 0 Å². The zero-order chi connectivity index (χ0) is 20.6. The number of hydrogen-bond acceptors (Lipinski definition) is 4. The molecule has 29 heavy (non-hydrogen) atoms. The molecule has 2 fully saturated rings. The summed E-state index contributed by atoms with van der Waals surface area (Å²) in [4.78, 5) is 2.45. The minimum atomic E-state index is -0.316. The molecule has 0 bridgehead atoms. The molecule has 2 aromatic rings. The lowest BCUT2D eigenvalue weighted by molar-refractivity contribution is 0.00578. The maximum absolute atomic E-state index is 8.97. The van der Waals surface area contributed by atoms with Crippen molar-refractivity contribution in [2.75, 3.05) is 18.0 Å². The van der Waals surface area contributed by atoms with Gasteiger partial charge in [0.05, 0.1) is 22.8 Å². The number of nitrogens with zero attached hydrogens (tertiary/aromatic N) is 2. The molecule has 0 atom stereocenters. The second-order valence-corrected chi connectivity index (χ2v) is 9.17. The largest absolute Gasteiger partial charge is 0.494 e. The van der Waals surface area contributed by atoms with Gasteiger partial charge < -0.3 is 14.2 Å². The second kappa shape index (κ2) is 7.52. The zero-order valence-corrected chi connectivity index (χ0v) is 17.8. The minimum Gasteiger partial charge on any atom is -0.399 e. The van der Waals surface area contributed by atoms with Gasteiger partial charge >= 0.3 is 7.12 Å². The molecule has 2 heterocycles. The topological polar surface area (TPSA) is 45.5 Å². The molecule has 2 aliphatic heterocycles. The van der Waals surface area contributed by atoms with Gasteiger partial charge in [0.15, 0.2) is 0 Å². The first-order valence-corrected chi connectivity index (χ1v) is 10.5. The molecular weight excluding hydrogens is 359 g/mol. The quantitative estimate of drug-likeness (QED) is 0.738. The summed E-state index contributed by atoms with van der Waals surface area (Å²) < 4.78 is 12.3. The predicted molar refractivity (Wildman–Crippen MR) is 118 cm³/mol. The van der Waals surface area contributed by atoms with E-state index in [0.717, 1.165) is 37.0 Å². The molecule has 2 saturated heterocycles. The summed E-state index contributed by atoms with van der Waals surface area (Å²) in [6.07, 6.45) is 2.26. The highest BCUT2D eigenvalue weighted by atomic mass is 16.7. The fourth-order valence-electron chi connectivity index (χ4n) is 4.12. The van der Waals surface area contributed by atoms with Crippen molar-refractivity contribution in [3.8, 4) is 6.07 Å². The molecule has 4 rings (SSSR count). The van der Waals surface area contributed by atoms with Crippen molar-refractivity contribution >= 4 is 18.3 Å². The van der Waals surface area contributed by atoms with Crippen LogP contribution in [0.1, 0.15) is 57.6 Å². The van der Waals surface area contributed by atoms with Gasteiger partial charge in [0.25, 0.3) is 0 Å². The van der Waals surface area contributed by atoms with Crippen LogP contribution in [0.5, 0.6) is 0 Å². The highest BCUT2D eigenvalue weighted by molar-refractivity contribution is 6.62. The molecule has 4 nitrogen and oxygen atoms in total. The van der Waals surface area contributed by atoms with E-state index < -0.39 is 0 Å². The van der Waals surface area contributed by atoms with Crippen molar-refractivity contribution in [2.45, 2.75) is 57.7 Å². The lowest BCUT2D eigenvalue weighted by Gasteiger charge is -2.34. The minimum absolute atomic E-state index is 0.309. The number of rotatable bonds is 3. The third-order valence-electron chi connectivity index (χ3n) is 6.79. The first-order valence-electron chi connectivity index (χ1n) is 10.5. The Labute approximate surface area is 174 Å². The van der Waals surface area contributed by atoms with Crippen molar-refractivity contribution in [3.05, 3.63) is 59.7 Å². The third kappa shape index (κ3) is 3.92. The maximum atomic E-state index is 8.97. The Kier molecular flexibility index (Phi) is 5.19. The smallest absolute Gasteiger partial charge is 0.399 e. The Hall–Kier alpha value is -2.29. The molecule has 2 aliphatic rings. The van der Waals surface area contributed by atoms with E-state index in [1.54, 1.807) is 0 Å². The molecule has 0 radical (unpaired) electrons. The first-order chi connectivity index (χ1) is 13.8. The Morgan fingerprint density at radius 3 is 1.97 bits per heavy atom. The van der Waals surface area contributed by atoms with Gasteiger partial charge in [-0.05, 0) is 81.7 Å². The van der Waals surface area contributed by atoms with Crippen molar-refractivity contribution in [2.24, 2.45) is 0 Å². The molecule has 0 N–H and O–H groups in total. The van der Waals surface area contributed by atoms with Gasteiger partial charge in [-0.2, -0.15) is 5.26 Å². The molecule has 0 spiro atoms. The molecule has 150 valence electrons. The van der Waals surface area contributed by atoms with Crippen LogP contribution in [0.15, 0.2) is 48.5 Å². The molecule has 2 aromatic carbocycles. The van der Waals surface area contributed by atoms with E-state index >= 15 is 0 Å². The van der Waals surface area contributed by atoms with E-state index in [0.29, 0.717) is 5.92 Å². The van der Waals surface area contributed by atoms with Gasteiger partial charge in [-0.3, -0.25) is 0 Å². The summed E-state index contributed by atoms with van der Waals surface area (Å²) >= 11 is 0. The van der Waals surface area contributed by atoms with Crippen LogP contribution >= 0.6 is 0 Å². The maximum Gasteiger partial charge on any atom is 0.494 e. The van der Waals surface area contributed by atoms with Gasteiger partial charge in [-0.15, -0.1) is 0 Å². The molecule has 0 aliphatic carbocycles. The standard InChI is InChI=1S/C24H29BN2O2/c1-23(2)24(3,4)29-25(28-23)21-9-11-22(12-10-21)27-15-13-20(14-16-27)19-7-5-18(17-26)6-8-19/h5-12,20H,13-16H2,1-4H3. The highest BCUT2D eigenvalue weighted by Crippen LogP contribution is 2.36. The number of piperidine rings is 1. The summed E-state index contributed by atoms with van der Waals surface area (Å²) in [5, 5.41) is 8.97. The van der Waals surface area contributed by atoms with E-state index in [-0.39, 0.29) is 18.3 Å². The average molecular weight is 388 g/mol. The van der Waals surface area contributed by atoms with Crippen LogP contribution in [-0.4, -0.2) is 31.4 Å². The SMILES string of the molecule is CC1(C)OB(c2ccc(N3CCC(c4ccc(C#N)cc4)CC3)cc2)OC1(C)C. The van der Waals surface area contributed by atoms with E-state index in [2.05, 4.69) is 75.1 Å². The Balaban J connectivity index is 1.38. The monoisotopic (exact) mass is 388 g/mol. The van der Waals surface area contributed by atoms with Crippen LogP contribution in [0.25, 0.3) is 0 Å². The fourth-order valence-corrected chi connectivity index (χ4v) is 4.12. The van der Waals surface area contributed by atoms with E-state index in [1.165, 1.54) is 11.3 Å². The van der Waals surface area contributed by atoms with E-state index in [9.17, 15) is 0 Å². The van der Waals surface area contributed by atoms with Gasteiger partial charge in [0.2, 0.25) is 0 Å². The molecule has 5 heteroatoms. The van der Waals surface area contributed by atoms with Crippen molar-refractivity contribution in [1.29, 1.82) is 5.26 Å². The van der Waals surface area contributed by atoms with Crippen LogP contribution < -0.4 is 10.4 Å². The summed E-state index contributed by atoms with van der Waals surface area (Å²) in [6, 6.07) is 18.9. The zero-order valence-electron chi connectivity index (χ0n) is 17.8. The average Bonchev–Trinajstić information content (AvgIpc) is 2.95. The molecule has 0 unspecified atom stereocenters. The van der Waals surface area contributed by atoms with Crippen LogP contribution in [0, 0.1) is 11.3 Å². The first kappa shape index (κ1) is 20.0. The Morgan fingerprint density at radius 2 is 1.45 bits per heavy atom. The van der Waals surface area contributed by atoms with Gasteiger partial charge in [-0.25, -0.2) is 0 Å². The number of nitriles is 1. The van der Waals surface area contributed by atoms with Gasteiger partial charge in [-0.1, -0.05) is 24.3 Å². The van der Waals surface area contributed by atoms with Gasteiger partial charge in [0, 0.05) is 18.8 Å². The summed E-state index contributed by atoms with van der Waals surface area (Å²) in [5.41, 5.74) is 3.77. The molecule has 0 aromatic heterocycles. The number of anilines is 1. The molecular formula is C24H29BN2O2. The Bertz CT molecular complexity index is 876. The van der Waals surface area contributed by atoms with Gasteiger partial charge in [0.1, 0.15) is 0 Å². The number of benzene rings is 2. The lowest BCUT2D eigenvalue weighted by atomic mass is 9.79. The van der Waals surface area contributed by atoms with E-state index in [4.69, 9.17) is 14.6 Å². The third-order valence-corrected chi connectivity index (χ3v) is 6.79. The van der Waals surface area contributed by atoms with E-state index in [1.807, 2.05) is 12.1 Å². The highest BCUT2D eigenvalue weighted by Gasteiger charge is 2.51. The van der Waals surface area contributed by atoms with Crippen LogP contribution in [-0.2, 0) is 9.31 Å². The summed E-state index contributed by atoms with van der Waals surface area (Å²) in [6.45, 7) is 10.4. The van der Waals surface area contributed by atoms with Crippen LogP contribution in [0.3, 0.4) is 0 Å². The number of hydrogen-bond donors (Lipinski definition) is 0. The fraction of sp³-hybridized carbons (Fsp3) is 0.458. The van der Waals surface area contributed by atoms with Crippen LogP contribution in [0.2, 0.25) is 0 Å². The predicted octanol–water partition coefficient (Wildman–Crippen LogP) is 4.24. The molecule has 0 saturated carbocycles. The van der Waals surface area contributed by atoms with Crippen molar-refractivity contribution < 1.29 is 9.31 Å².